The molecule has 78 valence electrons. The van der Waals surface area contributed by atoms with E-state index in [-0.39, 0.29) is 0 Å². The average Bonchev–Trinajstić information content (AvgIpc) is 2.64. The number of aromatic amines is 1. The molecule has 3 N–H and O–H groups in total. The van der Waals surface area contributed by atoms with E-state index in [1.165, 1.54) is 21.4 Å². The number of nitrogens with zero attached hydrogens (tertiary/aromatic N) is 3. The quantitative estimate of drug-likeness (QED) is 0.436. The maximum Gasteiger partial charge on any atom is 0.0456 e. The van der Waals surface area contributed by atoms with Crippen molar-refractivity contribution in [3.05, 3.63) is 52.0 Å². The average molecular weight is 202 g/mol. The van der Waals surface area contributed by atoms with Crippen LogP contribution in [0.3, 0.4) is 0 Å². The van der Waals surface area contributed by atoms with Crippen molar-refractivity contribution in [1.82, 2.24) is 4.98 Å². The predicted octanol–water partition coefficient (Wildman–Crippen LogP) is 2.54. The van der Waals surface area contributed by atoms with Crippen molar-refractivity contribution in [3.8, 4) is 0 Å². The molecule has 0 spiro atoms. The molecule has 0 atom stereocenters. The maximum atomic E-state index is 6.75. The van der Waals surface area contributed by atoms with Crippen LogP contribution in [0.15, 0.2) is 30.5 Å². The number of para-hydroxylation sites is 1. The zero-order chi connectivity index (χ0) is 11.1. The van der Waals surface area contributed by atoms with Crippen LogP contribution in [0.2, 0.25) is 0 Å². The molecule has 0 fully saturated rings. The van der Waals surface area contributed by atoms with Crippen molar-refractivity contribution in [2.24, 2.45) is 5.73 Å². The van der Waals surface area contributed by atoms with Crippen molar-refractivity contribution in [3.63, 3.8) is 0 Å². The Kier molecular flexibility index (Phi) is 4.22. The number of H-pyrrole nitrogens is 1. The lowest BCUT2D eigenvalue weighted by atomic mass is 10.1. The molecule has 0 aliphatic heterocycles. The second-order valence-corrected chi connectivity index (χ2v) is 2.99. The highest BCUT2D eigenvalue weighted by Crippen LogP contribution is 2.17. The SMILES string of the molecule is NCCc1c[nH]c2ccccc12.[N-]=[N+]=[N-]. The highest BCUT2D eigenvalue weighted by Gasteiger charge is 1.99. The summed E-state index contributed by atoms with van der Waals surface area (Å²) in [4.78, 5) is 4.72. The lowest BCUT2D eigenvalue weighted by Crippen LogP contribution is -2.01. The molecule has 1 aromatic carbocycles. The van der Waals surface area contributed by atoms with Crippen LogP contribution in [-0.2, 0) is 6.42 Å². The number of hydrogen-bond acceptors (Lipinski definition) is 1. The highest BCUT2D eigenvalue weighted by atomic mass is 15.0. The number of fused-ring (bicyclic) bond motifs is 1. The van der Waals surface area contributed by atoms with Gasteiger partial charge in [-0.15, -0.1) is 0 Å². The van der Waals surface area contributed by atoms with Crippen LogP contribution in [0.25, 0.3) is 26.9 Å². The van der Waals surface area contributed by atoms with Gasteiger partial charge in [-0.05, 0) is 24.6 Å². The normalized spacial score (nSPS) is 9.13. The first kappa shape index (κ1) is 11.1. The fourth-order valence-electron chi connectivity index (χ4n) is 1.49. The van der Waals surface area contributed by atoms with E-state index < -0.39 is 0 Å². The van der Waals surface area contributed by atoms with Gasteiger partial charge in [0, 0.05) is 17.1 Å². The van der Waals surface area contributed by atoms with Gasteiger partial charge in [-0.3, -0.25) is 4.91 Å². The van der Waals surface area contributed by atoms with Crippen LogP contribution in [0.1, 0.15) is 5.56 Å². The first-order chi connectivity index (χ1) is 7.33. The van der Waals surface area contributed by atoms with Crippen LogP contribution in [0, 0.1) is 0 Å². The monoisotopic (exact) mass is 202 g/mol. The Morgan fingerprint density at radius 3 is 2.60 bits per heavy atom. The largest absolute Gasteiger partial charge is 0.373 e. The molecule has 0 saturated heterocycles. The van der Waals surface area contributed by atoms with Crippen molar-refractivity contribution < 1.29 is 0 Å². The molecule has 0 radical (unpaired) electrons. The smallest absolute Gasteiger partial charge is 0.0456 e. The van der Waals surface area contributed by atoms with Gasteiger partial charge in [0.1, 0.15) is 0 Å². The van der Waals surface area contributed by atoms with Crippen LogP contribution in [0.5, 0.6) is 0 Å². The highest BCUT2D eigenvalue weighted by molar-refractivity contribution is 5.82. The van der Waals surface area contributed by atoms with Crippen molar-refractivity contribution in [2.75, 3.05) is 6.54 Å². The fraction of sp³-hybridized carbons (Fsp3) is 0.200. The van der Waals surface area contributed by atoms with Gasteiger partial charge in [0.15, 0.2) is 0 Å². The molecule has 0 aliphatic rings. The Bertz CT molecular complexity index is 454. The predicted molar refractivity (Wildman–Crippen MR) is 61.1 cm³/mol. The molecule has 5 heteroatoms. The van der Waals surface area contributed by atoms with Gasteiger partial charge < -0.3 is 21.8 Å². The van der Waals surface area contributed by atoms with Gasteiger partial charge >= 0.3 is 0 Å². The minimum atomic E-state index is 0.710. The van der Waals surface area contributed by atoms with Gasteiger partial charge in [-0.2, -0.15) is 0 Å². The Labute approximate surface area is 87.3 Å². The molecule has 2 rings (SSSR count). The van der Waals surface area contributed by atoms with Crippen LogP contribution in [0.4, 0.5) is 0 Å². The number of hydrogen-bond donors (Lipinski definition) is 2. The third-order valence-corrected chi connectivity index (χ3v) is 2.09. The molecule has 5 nitrogen and oxygen atoms in total. The van der Waals surface area contributed by atoms with Crippen molar-refractivity contribution >= 4 is 10.9 Å². The second kappa shape index (κ2) is 5.70. The molecule has 1 aromatic heterocycles. The first-order valence-electron chi connectivity index (χ1n) is 4.57. The molecule has 0 saturated carbocycles. The molecule has 0 bridgehead atoms. The molecule has 0 unspecified atom stereocenters. The molecule has 0 amide bonds. The summed E-state index contributed by atoms with van der Waals surface area (Å²) in [7, 11) is 0. The molecule has 2 aromatic rings. The van der Waals surface area contributed by atoms with E-state index in [1.54, 1.807) is 0 Å². The maximum absolute atomic E-state index is 6.75. The molecular formula is C10H12N5-. The lowest BCUT2D eigenvalue weighted by Gasteiger charge is -1.93. The molecule has 0 aliphatic carbocycles. The van der Waals surface area contributed by atoms with E-state index in [9.17, 15) is 0 Å². The number of nitrogens with one attached hydrogen (secondary N) is 1. The van der Waals surface area contributed by atoms with Gasteiger partial charge in [0.05, 0.1) is 0 Å². The van der Waals surface area contributed by atoms with Gasteiger partial charge in [0.25, 0.3) is 0 Å². The van der Waals surface area contributed by atoms with Gasteiger partial charge in [0.2, 0.25) is 0 Å². The van der Waals surface area contributed by atoms with E-state index in [0.717, 1.165) is 6.42 Å². The van der Waals surface area contributed by atoms with Crippen LogP contribution < -0.4 is 5.73 Å². The summed E-state index contributed by atoms with van der Waals surface area (Å²) < 4.78 is 0. The van der Waals surface area contributed by atoms with Crippen LogP contribution >= 0.6 is 0 Å². The van der Waals surface area contributed by atoms with Gasteiger partial charge in [-0.25, -0.2) is 0 Å². The summed E-state index contributed by atoms with van der Waals surface area (Å²) >= 11 is 0. The minimum absolute atomic E-state index is 0.710. The fourth-order valence-corrected chi connectivity index (χ4v) is 1.49. The van der Waals surface area contributed by atoms with E-state index in [1.807, 2.05) is 12.3 Å². The minimum Gasteiger partial charge on any atom is -0.373 e. The number of benzene rings is 1. The second-order valence-electron chi connectivity index (χ2n) is 2.99. The van der Waals surface area contributed by atoms with E-state index in [4.69, 9.17) is 16.8 Å². The molecular weight excluding hydrogens is 190 g/mol. The summed E-state index contributed by atoms with van der Waals surface area (Å²) in [5.41, 5.74) is 21.5. The third kappa shape index (κ3) is 2.74. The summed E-state index contributed by atoms with van der Waals surface area (Å²) in [5, 5.41) is 1.29. The topological polar surface area (TPSA) is 101 Å². The molecule has 1 heterocycles. The Hall–Kier alpha value is -1.97. The summed E-state index contributed by atoms with van der Waals surface area (Å²) in [5.74, 6) is 0. The first-order valence-corrected chi connectivity index (χ1v) is 4.57. The summed E-state index contributed by atoms with van der Waals surface area (Å²) in [6.45, 7) is 0.710. The lowest BCUT2D eigenvalue weighted by molar-refractivity contribution is 0.976. The van der Waals surface area contributed by atoms with Crippen LogP contribution in [-0.4, -0.2) is 11.5 Å². The standard InChI is InChI=1S/C10H12N2.N3/c11-6-5-8-7-12-10-4-2-1-3-9(8)10;1-3-2/h1-4,7,12H,5-6,11H2;/q;-1. The van der Waals surface area contributed by atoms with Gasteiger partial charge in [-0.1, -0.05) is 18.2 Å². The summed E-state index contributed by atoms with van der Waals surface area (Å²) in [6, 6.07) is 8.29. The molecule has 15 heavy (non-hydrogen) atoms. The summed E-state index contributed by atoms with van der Waals surface area (Å²) in [6.07, 6.45) is 2.99. The zero-order valence-corrected chi connectivity index (χ0v) is 8.22. The number of rotatable bonds is 2. The van der Waals surface area contributed by atoms with E-state index in [2.05, 4.69) is 23.2 Å². The van der Waals surface area contributed by atoms with Crippen molar-refractivity contribution in [1.29, 1.82) is 0 Å². The number of nitrogens with two attached hydrogens (primary N) is 1. The third-order valence-electron chi connectivity index (χ3n) is 2.09. The van der Waals surface area contributed by atoms with Crippen molar-refractivity contribution in [2.45, 2.75) is 6.42 Å². The zero-order valence-electron chi connectivity index (χ0n) is 8.22. The van der Waals surface area contributed by atoms with E-state index >= 15 is 0 Å². The number of aromatic nitrogens is 1. The Morgan fingerprint density at radius 2 is 1.93 bits per heavy atom. The van der Waals surface area contributed by atoms with E-state index in [0.29, 0.717) is 6.54 Å². The Balaban J connectivity index is 0.000000337. The Morgan fingerprint density at radius 1 is 1.27 bits per heavy atom.